The molecule has 1 aromatic carbocycles. The molecule has 4 atom stereocenters. The number of aromatic hydroxyl groups is 1. The zero-order valence-corrected chi connectivity index (χ0v) is 24.0. The molecule has 40 heavy (non-hydrogen) atoms. The second-order valence-corrected chi connectivity index (χ2v) is 12.2. The number of carbonyl (C=O) groups is 2. The van der Waals surface area contributed by atoms with Gasteiger partial charge in [-0.1, -0.05) is 56.0 Å². The standard InChI is InChI=1S/C31H37BFNO5S/c1-3-6-19(14-20-9-11-26(35)25(33)15-20)10-12-27-28-21(7-4-2)16-23-29(24(28)17-32(38)39-27)31(37)34(30(23)36)18-22-8-5-13-40-22/h5,8-9,11,13-15,23-24,27,29,35,38H,3-4,6-7,10,12,16-18H2,1-2H3/b19-14+/t23-,24+,27-,29-/m1/s1. The number of phenols is 1. The quantitative estimate of drug-likeness (QED) is 0.199. The van der Waals surface area contributed by atoms with E-state index in [1.54, 1.807) is 6.07 Å². The number of hydrogen-bond acceptors (Lipinski definition) is 6. The molecule has 0 saturated carbocycles. The highest BCUT2D eigenvalue weighted by molar-refractivity contribution is 7.09. The van der Waals surface area contributed by atoms with Crippen molar-refractivity contribution in [3.8, 4) is 5.75 Å². The van der Waals surface area contributed by atoms with Crippen molar-refractivity contribution in [2.45, 2.75) is 77.8 Å². The number of hydrogen-bond donors (Lipinski definition) is 2. The topological polar surface area (TPSA) is 87.1 Å². The van der Waals surface area contributed by atoms with Crippen LogP contribution in [0.1, 0.15) is 69.2 Å². The lowest BCUT2D eigenvalue weighted by atomic mass is 9.58. The van der Waals surface area contributed by atoms with E-state index in [1.165, 1.54) is 33.9 Å². The van der Waals surface area contributed by atoms with Gasteiger partial charge in [-0.05, 0) is 79.1 Å². The third kappa shape index (κ3) is 5.83. The number of likely N-dealkylation sites (tertiary alicyclic amines) is 1. The molecule has 0 spiro atoms. The predicted molar refractivity (Wildman–Crippen MR) is 155 cm³/mol. The van der Waals surface area contributed by atoms with E-state index in [0.29, 0.717) is 37.7 Å². The maximum atomic E-state index is 13.9. The van der Waals surface area contributed by atoms with Gasteiger partial charge in [-0.3, -0.25) is 14.5 Å². The molecular formula is C31H37BFNO5S. The number of fused-ring (bicyclic) bond motifs is 3. The summed E-state index contributed by atoms with van der Waals surface area (Å²) in [4.78, 5) is 29.7. The summed E-state index contributed by atoms with van der Waals surface area (Å²) in [5.41, 5.74) is 4.13. The van der Waals surface area contributed by atoms with Crippen LogP contribution in [0.5, 0.6) is 5.75 Å². The van der Waals surface area contributed by atoms with Gasteiger partial charge in [0.2, 0.25) is 11.8 Å². The van der Waals surface area contributed by atoms with E-state index >= 15 is 0 Å². The molecule has 2 saturated heterocycles. The van der Waals surface area contributed by atoms with Crippen molar-refractivity contribution in [3.63, 3.8) is 0 Å². The fraction of sp³-hybridized carbons (Fsp3) is 0.484. The van der Waals surface area contributed by atoms with Crippen molar-refractivity contribution < 1.29 is 28.8 Å². The number of amides is 2. The van der Waals surface area contributed by atoms with Crippen molar-refractivity contribution in [3.05, 3.63) is 68.7 Å². The average molecular weight is 566 g/mol. The van der Waals surface area contributed by atoms with Gasteiger partial charge >= 0.3 is 7.12 Å². The second-order valence-electron chi connectivity index (χ2n) is 11.2. The molecule has 2 fully saturated rings. The van der Waals surface area contributed by atoms with Crippen LogP contribution in [0.4, 0.5) is 4.39 Å². The summed E-state index contributed by atoms with van der Waals surface area (Å²) in [6.45, 7) is 4.51. The Labute approximate surface area is 239 Å². The molecule has 9 heteroatoms. The first-order valence-corrected chi connectivity index (χ1v) is 15.3. The van der Waals surface area contributed by atoms with E-state index in [-0.39, 0.29) is 35.5 Å². The largest absolute Gasteiger partial charge is 0.505 e. The van der Waals surface area contributed by atoms with Crippen molar-refractivity contribution in [1.29, 1.82) is 0 Å². The molecule has 1 aromatic heterocycles. The van der Waals surface area contributed by atoms with Gasteiger partial charge in [0.15, 0.2) is 11.6 Å². The fourth-order valence-electron chi connectivity index (χ4n) is 6.84. The Morgan fingerprint density at radius 3 is 2.70 bits per heavy atom. The summed E-state index contributed by atoms with van der Waals surface area (Å²) in [6, 6.07) is 8.25. The maximum Gasteiger partial charge on any atom is 0.455 e. The van der Waals surface area contributed by atoms with Gasteiger partial charge in [0.1, 0.15) is 0 Å². The van der Waals surface area contributed by atoms with Crippen LogP contribution >= 0.6 is 11.3 Å². The van der Waals surface area contributed by atoms with Gasteiger partial charge in [-0.15, -0.1) is 11.3 Å². The molecule has 3 heterocycles. The molecule has 2 amide bonds. The van der Waals surface area contributed by atoms with E-state index in [2.05, 4.69) is 13.8 Å². The Balaban J connectivity index is 1.41. The number of rotatable bonds is 10. The highest BCUT2D eigenvalue weighted by atomic mass is 32.1. The fourth-order valence-corrected chi connectivity index (χ4v) is 7.53. The lowest BCUT2D eigenvalue weighted by Crippen LogP contribution is -2.46. The minimum atomic E-state index is -1.00. The smallest absolute Gasteiger partial charge is 0.455 e. The summed E-state index contributed by atoms with van der Waals surface area (Å²) >= 11 is 1.54. The molecule has 1 aliphatic carbocycles. The normalized spacial score (nSPS) is 25.1. The molecule has 2 aliphatic heterocycles. The molecule has 212 valence electrons. The van der Waals surface area contributed by atoms with Crippen LogP contribution in [-0.4, -0.2) is 40.1 Å². The molecule has 5 rings (SSSR count). The van der Waals surface area contributed by atoms with E-state index in [9.17, 15) is 24.1 Å². The van der Waals surface area contributed by atoms with Crippen molar-refractivity contribution >= 4 is 36.3 Å². The number of imide groups is 1. The molecule has 0 unspecified atom stereocenters. The Morgan fingerprint density at radius 1 is 1.18 bits per heavy atom. The van der Waals surface area contributed by atoms with Crippen LogP contribution < -0.4 is 0 Å². The summed E-state index contributed by atoms with van der Waals surface area (Å²) in [5.74, 6) is -2.31. The number of allylic oxidation sites excluding steroid dienone is 2. The Hall–Kier alpha value is -2.75. The third-order valence-electron chi connectivity index (χ3n) is 8.49. The zero-order chi connectivity index (χ0) is 28.4. The monoisotopic (exact) mass is 565 g/mol. The van der Waals surface area contributed by atoms with Crippen LogP contribution in [0.15, 0.2) is 52.4 Å². The zero-order valence-electron chi connectivity index (χ0n) is 23.1. The Morgan fingerprint density at radius 2 is 2.00 bits per heavy atom. The van der Waals surface area contributed by atoms with E-state index in [0.717, 1.165) is 41.7 Å². The minimum Gasteiger partial charge on any atom is -0.505 e. The molecule has 0 radical (unpaired) electrons. The van der Waals surface area contributed by atoms with E-state index in [1.807, 2.05) is 23.6 Å². The van der Waals surface area contributed by atoms with Crippen molar-refractivity contribution in [1.82, 2.24) is 4.90 Å². The molecular weight excluding hydrogens is 528 g/mol. The molecule has 6 nitrogen and oxygen atoms in total. The second kappa shape index (κ2) is 12.4. The summed E-state index contributed by atoms with van der Waals surface area (Å²) in [6.07, 6.45) is 7.33. The first-order valence-electron chi connectivity index (χ1n) is 14.4. The minimum absolute atomic E-state index is 0.0946. The number of phenolic OH excluding ortho intramolecular Hbond substituents is 1. The summed E-state index contributed by atoms with van der Waals surface area (Å²) < 4.78 is 20.1. The highest BCUT2D eigenvalue weighted by Crippen LogP contribution is 2.51. The van der Waals surface area contributed by atoms with Gasteiger partial charge in [-0.2, -0.15) is 0 Å². The van der Waals surface area contributed by atoms with E-state index < -0.39 is 18.9 Å². The third-order valence-corrected chi connectivity index (χ3v) is 9.35. The number of carbonyl (C=O) groups excluding carboxylic acids is 2. The SMILES string of the molecule is CCCC1=C2[C@@H](CC/C(=C/c3ccc(O)c(F)c3)CCC)OB(O)C[C@@H]2[C@@H]2C(=O)N(Cc3cccs3)C(=O)[C@@H]2C1. The Kier molecular flexibility index (Phi) is 8.93. The predicted octanol–water partition coefficient (Wildman–Crippen LogP) is 6.35. The maximum absolute atomic E-state index is 13.9. The van der Waals surface area contributed by atoms with Gasteiger partial charge < -0.3 is 14.8 Å². The molecule has 2 N–H and O–H groups in total. The van der Waals surface area contributed by atoms with Crippen molar-refractivity contribution in [2.75, 3.05) is 0 Å². The molecule has 2 aromatic rings. The van der Waals surface area contributed by atoms with Crippen LogP contribution in [0.2, 0.25) is 6.32 Å². The highest BCUT2D eigenvalue weighted by Gasteiger charge is 2.57. The number of benzene rings is 1. The molecule has 0 bridgehead atoms. The van der Waals surface area contributed by atoms with Crippen molar-refractivity contribution in [2.24, 2.45) is 17.8 Å². The lowest BCUT2D eigenvalue weighted by molar-refractivity contribution is -0.140. The van der Waals surface area contributed by atoms with Crippen LogP contribution in [0.3, 0.4) is 0 Å². The van der Waals surface area contributed by atoms with Gasteiger partial charge in [0, 0.05) is 4.88 Å². The lowest BCUT2D eigenvalue weighted by Gasteiger charge is -2.43. The van der Waals surface area contributed by atoms with Gasteiger partial charge in [0.25, 0.3) is 0 Å². The van der Waals surface area contributed by atoms with Crippen LogP contribution in [0, 0.1) is 23.6 Å². The number of thiophene rings is 1. The van der Waals surface area contributed by atoms with E-state index in [4.69, 9.17) is 4.65 Å². The van der Waals surface area contributed by atoms with Crippen LogP contribution in [-0.2, 0) is 20.8 Å². The number of halogens is 1. The van der Waals surface area contributed by atoms with Gasteiger partial charge in [-0.25, -0.2) is 4.39 Å². The Bertz CT molecular complexity index is 1310. The first-order chi connectivity index (χ1) is 19.3. The average Bonchev–Trinajstić information content (AvgIpc) is 3.52. The number of nitrogens with zero attached hydrogens (tertiary/aromatic N) is 1. The van der Waals surface area contributed by atoms with Gasteiger partial charge in [0.05, 0.1) is 24.5 Å². The summed E-state index contributed by atoms with van der Waals surface area (Å²) in [7, 11) is -1.00. The molecule has 3 aliphatic rings. The first kappa shape index (κ1) is 28.8. The summed E-state index contributed by atoms with van der Waals surface area (Å²) in [5, 5.41) is 22.3. The van der Waals surface area contributed by atoms with Crippen LogP contribution in [0.25, 0.3) is 6.08 Å².